The summed E-state index contributed by atoms with van der Waals surface area (Å²) >= 11 is 0. The fraction of sp³-hybridized carbons (Fsp3) is 0.333. The molecule has 0 fully saturated rings. The van der Waals surface area contributed by atoms with Crippen molar-refractivity contribution in [2.75, 3.05) is 13.7 Å². The molecule has 1 amide bonds. The fourth-order valence-electron chi connectivity index (χ4n) is 0.922. The summed E-state index contributed by atoms with van der Waals surface area (Å²) in [5.41, 5.74) is 0.556. The third-order valence-electron chi connectivity index (χ3n) is 1.52. The molecule has 0 spiro atoms. The van der Waals surface area contributed by atoms with Gasteiger partial charge < -0.3 is 10.1 Å². The number of hydrogen-bond donors (Lipinski definition) is 1. The first-order chi connectivity index (χ1) is 6.27. The normalized spacial score (nSPS) is 9.38. The molecule has 0 aliphatic heterocycles. The molecule has 70 valence electrons. The third-order valence-corrected chi connectivity index (χ3v) is 1.52. The third kappa shape index (κ3) is 2.43. The molecular weight excluding hydrogens is 168 g/mol. The van der Waals surface area contributed by atoms with Crippen molar-refractivity contribution in [3.8, 4) is 5.88 Å². The zero-order valence-electron chi connectivity index (χ0n) is 7.70. The molecule has 4 heteroatoms. The number of amides is 1. The van der Waals surface area contributed by atoms with Crippen molar-refractivity contribution in [1.82, 2.24) is 10.3 Å². The van der Waals surface area contributed by atoms with Gasteiger partial charge in [-0.05, 0) is 13.0 Å². The van der Waals surface area contributed by atoms with Gasteiger partial charge in [0.1, 0.15) is 0 Å². The van der Waals surface area contributed by atoms with Gasteiger partial charge in [-0.25, -0.2) is 4.98 Å². The smallest absolute Gasteiger partial charge is 0.251 e. The number of rotatable bonds is 3. The van der Waals surface area contributed by atoms with E-state index in [1.54, 1.807) is 25.4 Å². The highest BCUT2D eigenvalue weighted by atomic mass is 16.5. The molecule has 0 aromatic carbocycles. The Hall–Kier alpha value is -1.58. The Balaban J connectivity index is 2.85. The second-order valence-corrected chi connectivity index (χ2v) is 2.39. The zero-order valence-corrected chi connectivity index (χ0v) is 7.70. The van der Waals surface area contributed by atoms with Crippen molar-refractivity contribution < 1.29 is 9.53 Å². The summed E-state index contributed by atoms with van der Waals surface area (Å²) < 4.78 is 5.15. The molecule has 1 heterocycles. The van der Waals surface area contributed by atoms with Gasteiger partial charge in [0.15, 0.2) is 0 Å². The summed E-state index contributed by atoms with van der Waals surface area (Å²) in [5, 5.41) is 2.53. The quantitative estimate of drug-likeness (QED) is 0.749. The number of carbonyl (C=O) groups is 1. The van der Waals surface area contributed by atoms with Gasteiger partial charge in [-0.3, -0.25) is 4.79 Å². The minimum atomic E-state index is -0.136. The molecule has 1 aromatic rings. The van der Waals surface area contributed by atoms with E-state index in [1.165, 1.54) is 0 Å². The Bertz CT molecular complexity index is 299. The minimum absolute atomic E-state index is 0.136. The Morgan fingerprint density at radius 1 is 1.69 bits per heavy atom. The largest absolute Gasteiger partial charge is 0.478 e. The molecule has 13 heavy (non-hydrogen) atoms. The van der Waals surface area contributed by atoms with Crippen LogP contribution in [0.25, 0.3) is 0 Å². The van der Waals surface area contributed by atoms with E-state index in [0.29, 0.717) is 18.1 Å². The van der Waals surface area contributed by atoms with Crippen LogP contribution < -0.4 is 10.1 Å². The van der Waals surface area contributed by atoms with E-state index < -0.39 is 0 Å². The van der Waals surface area contributed by atoms with E-state index in [0.717, 1.165) is 0 Å². The van der Waals surface area contributed by atoms with Gasteiger partial charge in [-0.2, -0.15) is 0 Å². The van der Waals surface area contributed by atoms with E-state index >= 15 is 0 Å². The lowest BCUT2D eigenvalue weighted by atomic mass is 10.2. The number of ether oxygens (including phenoxy) is 1. The monoisotopic (exact) mass is 180 g/mol. The summed E-state index contributed by atoms with van der Waals surface area (Å²) in [6.45, 7) is 2.42. The van der Waals surface area contributed by atoms with Crippen LogP contribution in [0.4, 0.5) is 0 Å². The second-order valence-electron chi connectivity index (χ2n) is 2.39. The van der Waals surface area contributed by atoms with Crippen LogP contribution in [0.2, 0.25) is 0 Å². The highest BCUT2D eigenvalue weighted by molar-refractivity contribution is 5.94. The number of nitrogens with one attached hydrogen (secondary N) is 1. The average Bonchev–Trinajstić information content (AvgIpc) is 2.18. The summed E-state index contributed by atoms with van der Waals surface area (Å²) in [5.74, 6) is 0.340. The number of nitrogens with zero attached hydrogens (tertiary/aromatic N) is 1. The van der Waals surface area contributed by atoms with Crippen molar-refractivity contribution in [3.63, 3.8) is 0 Å². The average molecular weight is 180 g/mol. The van der Waals surface area contributed by atoms with Gasteiger partial charge in [0, 0.05) is 24.9 Å². The first-order valence-corrected chi connectivity index (χ1v) is 4.09. The number of hydrogen-bond acceptors (Lipinski definition) is 3. The van der Waals surface area contributed by atoms with Crippen LogP contribution >= 0.6 is 0 Å². The molecule has 0 aliphatic rings. The molecule has 0 aliphatic carbocycles. The lowest BCUT2D eigenvalue weighted by Gasteiger charge is -2.03. The Morgan fingerprint density at radius 3 is 3.08 bits per heavy atom. The van der Waals surface area contributed by atoms with E-state index in [2.05, 4.69) is 10.3 Å². The molecule has 0 unspecified atom stereocenters. The number of aromatic nitrogens is 1. The van der Waals surface area contributed by atoms with E-state index in [1.807, 2.05) is 6.92 Å². The summed E-state index contributed by atoms with van der Waals surface area (Å²) in [7, 11) is 1.59. The standard InChI is InChI=1S/C9H12N2O2/c1-3-13-8-6-7(4-5-11-8)9(12)10-2/h4-6H,3H2,1-2H3,(H,10,12). The van der Waals surface area contributed by atoms with E-state index in [9.17, 15) is 4.79 Å². The highest BCUT2D eigenvalue weighted by Gasteiger charge is 2.03. The highest BCUT2D eigenvalue weighted by Crippen LogP contribution is 2.08. The van der Waals surface area contributed by atoms with Crippen molar-refractivity contribution in [2.24, 2.45) is 0 Å². The molecular formula is C9H12N2O2. The summed E-state index contributed by atoms with van der Waals surface area (Å²) in [6, 6.07) is 3.25. The zero-order chi connectivity index (χ0) is 9.68. The molecule has 1 aromatic heterocycles. The maximum absolute atomic E-state index is 11.2. The number of pyridine rings is 1. The first-order valence-electron chi connectivity index (χ1n) is 4.09. The summed E-state index contributed by atoms with van der Waals surface area (Å²) in [4.78, 5) is 15.1. The maximum atomic E-state index is 11.2. The molecule has 0 saturated carbocycles. The Morgan fingerprint density at radius 2 is 2.46 bits per heavy atom. The predicted octanol–water partition coefficient (Wildman–Crippen LogP) is 0.840. The molecule has 1 N–H and O–H groups in total. The van der Waals surface area contributed by atoms with Crippen LogP contribution in [-0.4, -0.2) is 24.5 Å². The van der Waals surface area contributed by atoms with Gasteiger partial charge in [0.2, 0.25) is 5.88 Å². The minimum Gasteiger partial charge on any atom is -0.478 e. The maximum Gasteiger partial charge on any atom is 0.251 e. The number of carbonyl (C=O) groups excluding carboxylic acids is 1. The van der Waals surface area contributed by atoms with E-state index in [4.69, 9.17) is 4.74 Å². The van der Waals surface area contributed by atoms with Gasteiger partial charge >= 0.3 is 0 Å². The van der Waals surface area contributed by atoms with Crippen LogP contribution in [0.1, 0.15) is 17.3 Å². The molecule has 0 atom stereocenters. The van der Waals surface area contributed by atoms with Crippen molar-refractivity contribution in [1.29, 1.82) is 0 Å². The second kappa shape index (κ2) is 4.45. The molecule has 0 saturated heterocycles. The topological polar surface area (TPSA) is 51.2 Å². The lowest BCUT2D eigenvalue weighted by molar-refractivity contribution is 0.0962. The predicted molar refractivity (Wildman–Crippen MR) is 48.8 cm³/mol. The molecule has 0 radical (unpaired) electrons. The van der Waals surface area contributed by atoms with Crippen LogP contribution in [0.5, 0.6) is 5.88 Å². The molecule has 1 rings (SSSR count). The molecule has 4 nitrogen and oxygen atoms in total. The van der Waals surface area contributed by atoms with Crippen LogP contribution in [-0.2, 0) is 0 Å². The summed E-state index contributed by atoms with van der Waals surface area (Å²) in [6.07, 6.45) is 1.55. The first kappa shape index (κ1) is 9.51. The van der Waals surface area contributed by atoms with Crippen LogP contribution in [0.15, 0.2) is 18.3 Å². The van der Waals surface area contributed by atoms with E-state index in [-0.39, 0.29) is 5.91 Å². The van der Waals surface area contributed by atoms with Crippen molar-refractivity contribution in [2.45, 2.75) is 6.92 Å². The van der Waals surface area contributed by atoms with Gasteiger partial charge in [0.25, 0.3) is 5.91 Å². The van der Waals surface area contributed by atoms with Gasteiger partial charge in [0.05, 0.1) is 6.61 Å². The lowest BCUT2D eigenvalue weighted by Crippen LogP contribution is -2.17. The molecule has 0 bridgehead atoms. The van der Waals surface area contributed by atoms with Gasteiger partial charge in [-0.15, -0.1) is 0 Å². The Kier molecular flexibility index (Phi) is 3.25. The van der Waals surface area contributed by atoms with Crippen LogP contribution in [0.3, 0.4) is 0 Å². The van der Waals surface area contributed by atoms with Crippen molar-refractivity contribution >= 4 is 5.91 Å². The van der Waals surface area contributed by atoms with Crippen molar-refractivity contribution in [3.05, 3.63) is 23.9 Å². The van der Waals surface area contributed by atoms with Gasteiger partial charge in [-0.1, -0.05) is 0 Å². The SMILES string of the molecule is CCOc1cc(C(=O)NC)ccn1. The Labute approximate surface area is 76.9 Å². The van der Waals surface area contributed by atoms with Crippen LogP contribution in [0, 0.1) is 0 Å². The fourth-order valence-corrected chi connectivity index (χ4v) is 0.922.